The first kappa shape index (κ1) is 15.7. The number of ether oxygens (including phenoxy) is 2. The lowest BCUT2D eigenvalue weighted by atomic mass is 10.0. The summed E-state index contributed by atoms with van der Waals surface area (Å²) in [6, 6.07) is 8.62. The van der Waals surface area contributed by atoms with Gasteiger partial charge in [-0.05, 0) is 36.6 Å². The molecule has 4 rings (SSSR count). The molecule has 0 radical (unpaired) electrons. The van der Waals surface area contributed by atoms with Crippen LogP contribution in [0, 0.1) is 0 Å². The van der Waals surface area contributed by atoms with Crippen LogP contribution in [-0.4, -0.2) is 40.8 Å². The smallest absolute Gasteiger partial charge is 0.274 e. The van der Waals surface area contributed by atoms with Crippen molar-refractivity contribution in [2.75, 3.05) is 19.8 Å². The monoisotopic (exact) mass is 341 g/mol. The Balaban J connectivity index is 1.61. The van der Waals surface area contributed by atoms with E-state index in [1.807, 2.05) is 18.2 Å². The quantitative estimate of drug-likeness (QED) is 0.902. The highest BCUT2D eigenvalue weighted by molar-refractivity contribution is 5.92. The molecule has 0 bridgehead atoms. The number of likely N-dealkylation sites (tertiary alicyclic amines) is 1. The first-order valence-corrected chi connectivity index (χ1v) is 8.48. The van der Waals surface area contributed by atoms with Gasteiger partial charge in [0.2, 0.25) is 0 Å². The average Bonchev–Trinajstić information content (AvgIpc) is 3.00. The molecule has 1 aromatic carbocycles. The highest BCUT2D eigenvalue weighted by Crippen LogP contribution is 2.38. The molecule has 0 unspecified atom stereocenters. The Morgan fingerprint density at radius 2 is 1.96 bits per heavy atom. The highest BCUT2D eigenvalue weighted by atomic mass is 16.5. The molecule has 2 aliphatic heterocycles. The summed E-state index contributed by atoms with van der Waals surface area (Å²) in [5.74, 6) is 1.31. The number of benzene rings is 1. The zero-order chi connectivity index (χ0) is 17.2. The fraction of sp³-hybridized carbons (Fsp3) is 0.389. The van der Waals surface area contributed by atoms with Crippen molar-refractivity contribution < 1.29 is 14.3 Å². The Morgan fingerprint density at radius 1 is 1.12 bits per heavy atom. The molecular weight excluding hydrogens is 322 g/mol. The van der Waals surface area contributed by atoms with Crippen LogP contribution in [0.4, 0.5) is 0 Å². The highest BCUT2D eigenvalue weighted by Gasteiger charge is 2.32. The predicted octanol–water partition coefficient (Wildman–Crippen LogP) is 1.91. The summed E-state index contributed by atoms with van der Waals surface area (Å²) in [4.78, 5) is 25.7. The van der Waals surface area contributed by atoms with Crippen LogP contribution in [0.2, 0.25) is 0 Å². The second-order valence-corrected chi connectivity index (χ2v) is 6.22. The molecule has 1 amide bonds. The van der Waals surface area contributed by atoms with Crippen molar-refractivity contribution in [1.82, 2.24) is 15.1 Å². The van der Waals surface area contributed by atoms with Crippen molar-refractivity contribution in [2.45, 2.75) is 25.3 Å². The summed E-state index contributed by atoms with van der Waals surface area (Å²) in [5, 5.41) is 6.18. The van der Waals surface area contributed by atoms with Gasteiger partial charge in [-0.1, -0.05) is 6.07 Å². The SMILES string of the molecule is O=C(c1ccc(=O)[nH]n1)N1CCC[C@H]1c1ccc2c(c1)OCCCO2. The molecule has 7 heteroatoms. The van der Waals surface area contributed by atoms with Crippen molar-refractivity contribution in [3.63, 3.8) is 0 Å². The first-order chi connectivity index (χ1) is 12.2. The molecule has 25 heavy (non-hydrogen) atoms. The minimum absolute atomic E-state index is 0.0293. The summed E-state index contributed by atoms with van der Waals surface area (Å²) in [5.41, 5.74) is 0.956. The lowest BCUT2D eigenvalue weighted by Crippen LogP contribution is -2.32. The third-order valence-corrected chi connectivity index (χ3v) is 4.57. The van der Waals surface area contributed by atoms with Gasteiger partial charge in [-0.25, -0.2) is 5.10 Å². The molecule has 7 nitrogen and oxygen atoms in total. The molecule has 3 heterocycles. The van der Waals surface area contributed by atoms with E-state index < -0.39 is 0 Å². The number of rotatable bonds is 2. The Bertz CT molecular complexity index is 828. The molecule has 1 aromatic heterocycles. The fourth-order valence-corrected chi connectivity index (χ4v) is 3.35. The van der Waals surface area contributed by atoms with Gasteiger partial charge in [-0.2, -0.15) is 5.10 Å². The minimum Gasteiger partial charge on any atom is -0.490 e. The molecule has 0 aliphatic carbocycles. The van der Waals surface area contributed by atoms with E-state index in [4.69, 9.17) is 9.47 Å². The minimum atomic E-state index is -0.322. The molecule has 0 spiro atoms. The Hall–Kier alpha value is -2.83. The van der Waals surface area contributed by atoms with Gasteiger partial charge in [-0.3, -0.25) is 9.59 Å². The summed E-state index contributed by atoms with van der Waals surface area (Å²) < 4.78 is 11.4. The van der Waals surface area contributed by atoms with Gasteiger partial charge in [0.1, 0.15) is 5.69 Å². The fourth-order valence-electron chi connectivity index (χ4n) is 3.35. The van der Waals surface area contributed by atoms with Gasteiger partial charge in [0.05, 0.1) is 19.3 Å². The van der Waals surface area contributed by atoms with Crippen LogP contribution in [-0.2, 0) is 0 Å². The lowest BCUT2D eigenvalue weighted by Gasteiger charge is -2.25. The number of carbonyl (C=O) groups excluding carboxylic acids is 1. The van der Waals surface area contributed by atoms with E-state index in [-0.39, 0.29) is 23.2 Å². The second kappa shape index (κ2) is 6.58. The molecule has 0 saturated carbocycles. The van der Waals surface area contributed by atoms with Crippen molar-refractivity contribution >= 4 is 5.91 Å². The maximum Gasteiger partial charge on any atom is 0.274 e. The second-order valence-electron chi connectivity index (χ2n) is 6.22. The van der Waals surface area contributed by atoms with Gasteiger partial charge in [-0.15, -0.1) is 0 Å². The molecule has 1 saturated heterocycles. The van der Waals surface area contributed by atoms with Gasteiger partial charge in [0.15, 0.2) is 11.5 Å². The number of H-pyrrole nitrogens is 1. The number of hydrogen-bond acceptors (Lipinski definition) is 5. The van der Waals surface area contributed by atoms with E-state index in [0.717, 1.165) is 36.3 Å². The molecule has 2 aromatic rings. The third kappa shape index (κ3) is 3.09. The molecule has 130 valence electrons. The Morgan fingerprint density at radius 3 is 2.76 bits per heavy atom. The van der Waals surface area contributed by atoms with Gasteiger partial charge in [0, 0.05) is 19.0 Å². The van der Waals surface area contributed by atoms with Gasteiger partial charge < -0.3 is 14.4 Å². The zero-order valence-corrected chi connectivity index (χ0v) is 13.7. The molecule has 1 N–H and O–H groups in total. The molecule has 1 atom stereocenters. The van der Waals surface area contributed by atoms with Crippen molar-refractivity contribution in [1.29, 1.82) is 0 Å². The van der Waals surface area contributed by atoms with Crippen molar-refractivity contribution in [3.8, 4) is 11.5 Å². The van der Waals surface area contributed by atoms with E-state index in [1.54, 1.807) is 4.90 Å². The summed E-state index contributed by atoms with van der Waals surface area (Å²) in [6.07, 6.45) is 2.67. The van der Waals surface area contributed by atoms with E-state index in [9.17, 15) is 9.59 Å². The summed E-state index contributed by atoms with van der Waals surface area (Å²) in [6.45, 7) is 1.95. The molecular formula is C18H19N3O4. The van der Waals surface area contributed by atoms with Crippen molar-refractivity contribution in [3.05, 3.63) is 51.9 Å². The van der Waals surface area contributed by atoms with Gasteiger partial charge in [0.25, 0.3) is 11.5 Å². The topological polar surface area (TPSA) is 84.5 Å². The maximum absolute atomic E-state index is 12.8. The van der Waals surface area contributed by atoms with Crippen LogP contribution in [0.15, 0.2) is 35.1 Å². The summed E-state index contributed by atoms with van der Waals surface area (Å²) >= 11 is 0. The zero-order valence-electron chi connectivity index (χ0n) is 13.7. The first-order valence-electron chi connectivity index (χ1n) is 8.48. The summed E-state index contributed by atoms with van der Waals surface area (Å²) in [7, 11) is 0. The van der Waals surface area contributed by atoms with Gasteiger partial charge >= 0.3 is 0 Å². The number of amides is 1. The van der Waals surface area contributed by atoms with Crippen LogP contribution in [0.1, 0.15) is 41.4 Å². The third-order valence-electron chi connectivity index (χ3n) is 4.57. The van der Waals surface area contributed by atoms with Crippen LogP contribution in [0.5, 0.6) is 11.5 Å². The number of nitrogens with one attached hydrogen (secondary N) is 1. The number of carbonyl (C=O) groups is 1. The molecule has 2 aliphatic rings. The lowest BCUT2D eigenvalue weighted by molar-refractivity contribution is 0.0728. The maximum atomic E-state index is 12.8. The number of nitrogens with zero attached hydrogens (tertiary/aromatic N) is 2. The van der Waals surface area contributed by atoms with E-state index in [1.165, 1.54) is 12.1 Å². The van der Waals surface area contributed by atoms with Crippen LogP contribution < -0.4 is 15.0 Å². The number of aromatic amines is 1. The normalized spacial score (nSPS) is 19.5. The average molecular weight is 341 g/mol. The van der Waals surface area contributed by atoms with Crippen molar-refractivity contribution in [2.24, 2.45) is 0 Å². The number of aromatic nitrogens is 2. The predicted molar refractivity (Wildman–Crippen MR) is 89.9 cm³/mol. The van der Waals surface area contributed by atoms with E-state index in [0.29, 0.717) is 19.8 Å². The van der Waals surface area contributed by atoms with Crippen LogP contribution in [0.25, 0.3) is 0 Å². The largest absolute Gasteiger partial charge is 0.490 e. The van der Waals surface area contributed by atoms with Crippen LogP contribution in [0.3, 0.4) is 0 Å². The van der Waals surface area contributed by atoms with E-state index in [2.05, 4.69) is 10.2 Å². The number of hydrogen-bond donors (Lipinski definition) is 1. The Labute approximate surface area is 144 Å². The van der Waals surface area contributed by atoms with Crippen LogP contribution >= 0.6 is 0 Å². The number of fused-ring (bicyclic) bond motifs is 1. The Kier molecular flexibility index (Phi) is 4.13. The standard InChI is InChI=1S/C18H19N3O4/c22-17-7-5-13(19-20-17)18(23)21-8-1-3-14(21)12-4-6-15-16(11-12)25-10-2-9-24-15/h4-7,11,14H,1-3,8-10H2,(H,20,22)/t14-/m0/s1. The van der Waals surface area contributed by atoms with E-state index >= 15 is 0 Å². The molecule has 1 fully saturated rings.